The fourth-order valence-electron chi connectivity index (χ4n) is 3.12. The smallest absolute Gasteiger partial charge is 0.412 e. The SMILES string of the molecule is CNc1nccc(-c2ccc(NC(=O)OC[C@H](N)Cc3c[nH]c4ccccc34)s2)n1. The molecule has 0 unspecified atom stereocenters. The Bertz CT molecular complexity index is 1160. The summed E-state index contributed by atoms with van der Waals surface area (Å²) in [7, 11) is 1.76. The van der Waals surface area contributed by atoms with Gasteiger partial charge in [-0.3, -0.25) is 5.32 Å². The molecule has 8 nitrogen and oxygen atoms in total. The molecule has 30 heavy (non-hydrogen) atoms. The maximum absolute atomic E-state index is 12.2. The largest absolute Gasteiger partial charge is 0.448 e. The number of ether oxygens (including phenoxy) is 1. The minimum atomic E-state index is -0.531. The van der Waals surface area contributed by atoms with Crippen molar-refractivity contribution in [2.24, 2.45) is 5.73 Å². The lowest BCUT2D eigenvalue weighted by atomic mass is 10.1. The van der Waals surface area contributed by atoms with Gasteiger partial charge in [0.25, 0.3) is 0 Å². The van der Waals surface area contributed by atoms with Crippen LogP contribution in [0.1, 0.15) is 5.56 Å². The molecule has 3 aromatic heterocycles. The number of fused-ring (bicyclic) bond motifs is 1. The van der Waals surface area contributed by atoms with Gasteiger partial charge in [-0.2, -0.15) is 0 Å². The fraction of sp³-hybridized carbons (Fsp3) is 0.190. The van der Waals surface area contributed by atoms with Crippen molar-refractivity contribution in [3.05, 3.63) is 60.4 Å². The number of anilines is 2. The molecule has 1 amide bonds. The van der Waals surface area contributed by atoms with Crippen molar-refractivity contribution in [1.29, 1.82) is 0 Å². The molecule has 1 atom stereocenters. The highest BCUT2D eigenvalue weighted by Gasteiger charge is 2.13. The number of aromatic amines is 1. The molecule has 0 spiro atoms. The second kappa shape index (κ2) is 8.93. The van der Waals surface area contributed by atoms with Gasteiger partial charge in [-0.05, 0) is 36.2 Å². The molecule has 0 radical (unpaired) electrons. The van der Waals surface area contributed by atoms with E-state index in [1.807, 2.05) is 48.7 Å². The molecule has 4 aromatic rings. The molecule has 0 aliphatic carbocycles. The third-order valence-electron chi connectivity index (χ3n) is 4.55. The molecular formula is C21H22N6O2S. The maximum Gasteiger partial charge on any atom is 0.412 e. The van der Waals surface area contributed by atoms with E-state index in [4.69, 9.17) is 10.5 Å². The molecule has 0 saturated carbocycles. The van der Waals surface area contributed by atoms with Gasteiger partial charge in [0.1, 0.15) is 6.61 Å². The van der Waals surface area contributed by atoms with Crippen LogP contribution in [0.25, 0.3) is 21.5 Å². The summed E-state index contributed by atoms with van der Waals surface area (Å²) in [6, 6.07) is 13.3. The number of hydrogen-bond donors (Lipinski definition) is 4. The summed E-state index contributed by atoms with van der Waals surface area (Å²) < 4.78 is 5.31. The lowest BCUT2D eigenvalue weighted by Gasteiger charge is -2.12. The number of nitrogens with zero attached hydrogens (tertiary/aromatic N) is 2. The molecule has 0 aliphatic rings. The Morgan fingerprint density at radius 3 is 3.00 bits per heavy atom. The Morgan fingerprint density at radius 1 is 1.27 bits per heavy atom. The van der Waals surface area contributed by atoms with E-state index in [9.17, 15) is 4.79 Å². The van der Waals surface area contributed by atoms with E-state index in [1.165, 1.54) is 11.3 Å². The van der Waals surface area contributed by atoms with Crippen LogP contribution in [0.2, 0.25) is 0 Å². The van der Waals surface area contributed by atoms with Crippen molar-refractivity contribution in [3.63, 3.8) is 0 Å². The Labute approximate surface area is 177 Å². The predicted octanol–water partition coefficient (Wildman–Crippen LogP) is 3.85. The maximum atomic E-state index is 12.2. The predicted molar refractivity (Wildman–Crippen MR) is 120 cm³/mol. The van der Waals surface area contributed by atoms with Crippen LogP contribution in [0.3, 0.4) is 0 Å². The average Bonchev–Trinajstić information content (AvgIpc) is 3.40. The summed E-state index contributed by atoms with van der Waals surface area (Å²) in [6.07, 6.45) is 3.72. The number of rotatable bonds is 7. The van der Waals surface area contributed by atoms with Gasteiger partial charge in [0.15, 0.2) is 0 Å². The zero-order valence-electron chi connectivity index (χ0n) is 16.4. The highest BCUT2D eigenvalue weighted by Crippen LogP contribution is 2.30. The second-order valence-electron chi connectivity index (χ2n) is 6.73. The number of nitrogens with two attached hydrogens (primary N) is 1. The summed E-state index contributed by atoms with van der Waals surface area (Å²) in [5.74, 6) is 0.541. The van der Waals surface area contributed by atoms with Gasteiger partial charge in [0.2, 0.25) is 5.95 Å². The highest BCUT2D eigenvalue weighted by molar-refractivity contribution is 7.19. The lowest BCUT2D eigenvalue weighted by molar-refractivity contribution is 0.154. The van der Waals surface area contributed by atoms with Gasteiger partial charge in [-0.25, -0.2) is 14.8 Å². The van der Waals surface area contributed by atoms with Crippen LogP contribution in [0.15, 0.2) is 54.9 Å². The molecular weight excluding hydrogens is 400 g/mol. The number of para-hydroxylation sites is 1. The third kappa shape index (κ3) is 4.58. The quantitative estimate of drug-likeness (QED) is 0.359. The summed E-state index contributed by atoms with van der Waals surface area (Å²) in [5.41, 5.74) is 9.12. The van der Waals surface area contributed by atoms with Crippen molar-refractivity contribution in [2.45, 2.75) is 12.5 Å². The van der Waals surface area contributed by atoms with Crippen molar-refractivity contribution in [1.82, 2.24) is 15.0 Å². The molecule has 9 heteroatoms. The first-order valence-electron chi connectivity index (χ1n) is 9.47. The molecule has 5 N–H and O–H groups in total. The number of nitrogens with one attached hydrogen (secondary N) is 3. The molecule has 0 saturated heterocycles. The third-order valence-corrected chi connectivity index (χ3v) is 5.57. The highest BCUT2D eigenvalue weighted by atomic mass is 32.1. The molecule has 0 aliphatic heterocycles. The van der Waals surface area contributed by atoms with Crippen molar-refractivity contribution in [2.75, 3.05) is 24.3 Å². The van der Waals surface area contributed by atoms with E-state index in [0.29, 0.717) is 17.4 Å². The zero-order chi connectivity index (χ0) is 20.9. The number of carbonyl (C=O) groups excluding carboxylic acids is 1. The van der Waals surface area contributed by atoms with E-state index in [0.717, 1.165) is 27.0 Å². The first kappa shape index (κ1) is 19.9. The number of carbonyl (C=O) groups is 1. The van der Waals surface area contributed by atoms with Crippen LogP contribution < -0.4 is 16.4 Å². The van der Waals surface area contributed by atoms with Crippen LogP contribution in [0.4, 0.5) is 15.7 Å². The van der Waals surface area contributed by atoms with E-state index in [2.05, 4.69) is 25.6 Å². The number of hydrogen-bond acceptors (Lipinski definition) is 7. The van der Waals surface area contributed by atoms with E-state index in [-0.39, 0.29) is 12.6 Å². The molecule has 4 rings (SSSR count). The number of aromatic nitrogens is 3. The summed E-state index contributed by atoms with van der Waals surface area (Å²) in [6.45, 7) is 0.126. The van der Waals surface area contributed by atoms with Crippen molar-refractivity contribution < 1.29 is 9.53 Å². The van der Waals surface area contributed by atoms with Crippen LogP contribution in [-0.4, -0.2) is 40.7 Å². The average molecular weight is 423 g/mol. The van der Waals surface area contributed by atoms with Crippen LogP contribution in [0.5, 0.6) is 0 Å². The first-order chi connectivity index (χ1) is 14.6. The van der Waals surface area contributed by atoms with Crippen molar-refractivity contribution >= 4 is 39.3 Å². The fourth-order valence-corrected chi connectivity index (χ4v) is 3.98. The van der Waals surface area contributed by atoms with Crippen molar-refractivity contribution in [3.8, 4) is 10.6 Å². The summed E-state index contributed by atoms with van der Waals surface area (Å²) in [5, 5.41) is 7.45. The standard InChI is InChI=1S/C21H22N6O2S/c1-23-20-24-9-8-17(26-20)18-6-7-19(30-18)27-21(28)29-12-14(22)10-13-11-25-16-5-3-2-4-15(13)16/h2-9,11,14,25H,10,12,22H2,1H3,(H,27,28)(H,23,24,26)/t14-/m1/s1. The van der Waals surface area contributed by atoms with Gasteiger partial charge in [-0.15, -0.1) is 11.3 Å². The summed E-state index contributed by atoms with van der Waals surface area (Å²) >= 11 is 1.41. The molecule has 0 fully saturated rings. The molecule has 1 aromatic carbocycles. The Hall–Kier alpha value is -3.43. The number of thiophene rings is 1. The van der Waals surface area contributed by atoms with E-state index in [1.54, 1.807) is 13.2 Å². The minimum absolute atomic E-state index is 0.126. The van der Waals surface area contributed by atoms with Gasteiger partial charge in [0, 0.05) is 36.4 Å². The van der Waals surface area contributed by atoms with Gasteiger partial charge >= 0.3 is 6.09 Å². The van der Waals surface area contributed by atoms with Gasteiger partial charge in [0.05, 0.1) is 15.6 Å². The second-order valence-corrected chi connectivity index (χ2v) is 7.81. The minimum Gasteiger partial charge on any atom is -0.448 e. The monoisotopic (exact) mass is 422 g/mol. The number of amides is 1. The number of H-pyrrole nitrogens is 1. The lowest BCUT2D eigenvalue weighted by Crippen LogP contribution is -2.31. The Balaban J connectivity index is 1.30. The number of benzene rings is 1. The van der Waals surface area contributed by atoms with Gasteiger partial charge in [-0.1, -0.05) is 18.2 Å². The topological polar surface area (TPSA) is 118 Å². The van der Waals surface area contributed by atoms with Crippen LogP contribution in [0, 0.1) is 0 Å². The molecule has 154 valence electrons. The summed E-state index contributed by atoms with van der Waals surface area (Å²) in [4.78, 5) is 24.8. The molecule has 3 heterocycles. The zero-order valence-corrected chi connectivity index (χ0v) is 17.2. The van der Waals surface area contributed by atoms with Gasteiger partial charge < -0.3 is 20.8 Å². The first-order valence-corrected chi connectivity index (χ1v) is 10.3. The van der Waals surface area contributed by atoms with E-state index >= 15 is 0 Å². The normalized spacial score (nSPS) is 11.9. The van der Waals surface area contributed by atoms with Crippen LogP contribution >= 0.6 is 11.3 Å². The van der Waals surface area contributed by atoms with E-state index < -0.39 is 6.09 Å². The Morgan fingerprint density at radius 2 is 2.13 bits per heavy atom. The Kier molecular flexibility index (Phi) is 5.92. The molecule has 0 bridgehead atoms. The van der Waals surface area contributed by atoms with Crippen LogP contribution in [-0.2, 0) is 11.2 Å².